The number of hydrogen-bond acceptors (Lipinski definition) is 3. The highest BCUT2D eigenvalue weighted by Gasteiger charge is 2.28. The van der Waals surface area contributed by atoms with E-state index in [0.717, 1.165) is 27.9 Å². The normalized spacial score (nSPS) is 15.3. The summed E-state index contributed by atoms with van der Waals surface area (Å²) < 4.78 is 0. The minimum absolute atomic E-state index is 0.0631. The molecule has 0 aliphatic carbocycles. The molecular formula is C25H27N3O. The van der Waals surface area contributed by atoms with Crippen LogP contribution >= 0.6 is 0 Å². The van der Waals surface area contributed by atoms with E-state index in [4.69, 9.17) is 0 Å². The first-order chi connectivity index (χ1) is 13.6. The molecule has 0 fully saturated rings. The third-order valence-corrected chi connectivity index (χ3v) is 5.55. The number of allylic oxidation sites excluding steroid dienone is 1. The van der Waals surface area contributed by atoms with Gasteiger partial charge in [0, 0.05) is 24.0 Å². The lowest BCUT2D eigenvalue weighted by Crippen LogP contribution is -2.42. The molecule has 29 heavy (non-hydrogen) atoms. The zero-order valence-electron chi connectivity index (χ0n) is 17.9. The van der Waals surface area contributed by atoms with Gasteiger partial charge in [-0.05, 0) is 87.2 Å². The Morgan fingerprint density at radius 1 is 1.17 bits per heavy atom. The number of aryl methyl sites for hydroxylation is 2. The summed E-state index contributed by atoms with van der Waals surface area (Å²) >= 11 is 0. The average molecular weight is 386 g/mol. The molecular weight excluding hydrogens is 358 g/mol. The van der Waals surface area contributed by atoms with Gasteiger partial charge in [-0.3, -0.25) is 4.79 Å². The van der Waals surface area contributed by atoms with Crippen molar-refractivity contribution in [1.82, 2.24) is 0 Å². The van der Waals surface area contributed by atoms with Gasteiger partial charge in [-0.15, -0.1) is 0 Å². The van der Waals surface area contributed by atoms with Gasteiger partial charge in [0.25, 0.3) is 5.91 Å². The van der Waals surface area contributed by atoms with Crippen molar-refractivity contribution < 1.29 is 4.79 Å². The summed E-state index contributed by atoms with van der Waals surface area (Å²) in [6.07, 6.45) is 3.92. The summed E-state index contributed by atoms with van der Waals surface area (Å²) in [6.45, 7) is 10.4. The Labute approximate surface area is 173 Å². The second-order valence-corrected chi connectivity index (χ2v) is 8.26. The number of hydrogen-bond donors (Lipinski definition) is 1. The van der Waals surface area contributed by atoms with E-state index in [1.807, 2.05) is 44.2 Å². The number of rotatable bonds is 3. The number of likely N-dealkylation sites (N-methyl/N-ethyl adjacent to an activating group) is 1. The van der Waals surface area contributed by atoms with E-state index in [1.54, 1.807) is 6.08 Å². The van der Waals surface area contributed by atoms with Crippen molar-refractivity contribution in [2.75, 3.05) is 17.3 Å². The van der Waals surface area contributed by atoms with Crippen LogP contribution in [0.25, 0.3) is 11.6 Å². The fourth-order valence-corrected chi connectivity index (χ4v) is 3.70. The smallest absolute Gasteiger partial charge is 0.266 e. The van der Waals surface area contributed by atoms with Crippen LogP contribution in [0.2, 0.25) is 0 Å². The van der Waals surface area contributed by atoms with Gasteiger partial charge < -0.3 is 10.2 Å². The molecule has 1 aliphatic heterocycles. The Bertz CT molecular complexity index is 1080. The second kappa shape index (κ2) is 7.60. The summed E-state index contributed by atoms with van der Waals surface area (Å²) in [6, 6.07) is 13.8. The molecule has 0 saturated carbocycles. The van der Waals surface area contributed by atoms with Gasteiger partial charge >= 0.3 is 0 Å². The van der Waals surface area contributed by atoms with E-state index in [0.29, 0.717) is 5.69 Å². The van der Waals surface area contributed by atoms with Crippen LogP contribution in [0.4, 0.5) is 11.4 Å². The highest BCUT2D eigenvalue weighted by atomic mass is 16.1. The first kappa shape index (κ1) is 20.4. The Hall–Kier alpha value is -3.32. The van der Waals surface area contributed by atoms with E-state index >= 15 is 0 Å². The summed E-state index contributed by atoms with van der Waals surface area (Å²) in [4.78, 5) is 14.9. The van der Waals surface area contributed by atoms with Gasteiger partial charge in [0.05, 0.1) is 5.54 Å². The summed E-state index contributed by atoms with van der Waals surface area (Å²) in [5, 5.41) is 12.4. The number of carbonyl (C=O) groups is 1. The number of nitrogens with one attached hydrogen (secondary N) is 1. The minimum Gasteiger partial charge on any atom is -0.365 e. The Balaban J connectivity index is 1.98. The van der Waals surface area contributed by atoms with Gasteiger partial charge in [0.1, 0.15) is 11.6 Å². The quantitative estimate of drug-likeness (QED) is 0.562. The van der Waals surface area contributed by atoms with Crippen LogP contribution in [0.3, 0.4) is 0 Å². The Kier molecular flexibility index (Phi) is 5.35. The molecule has 0 bridgehead atoms. The van der Waals surface area contributed by atoms with Crippen LogP contribution in [0.15, 0.2) is 48.0 Å². The molecule has 1 aliphatic rings. The van der Waals surface area contributed by atoms with Crippen LogP contribution in [0.5, 0.6) is 0 Å². The fourth-order valence-electron chi connectivity index (χ4n) is 3.70. The Morgan fingerprint density at radius 2 is 1.90 bits per heavy atom. The van der Waals surface area contributed by atoms with Crippen molar-refractivity contribution in [3.05, 3.63) is 70.3 Å². The maximum absolute atomic E-state index is 12.6. The van der Waals surface area contributed by atoms with Crippen molar-refractivity contribution in [3.63, 3.8) is 0 Å². The van der Waals surface area contributed by atoms with Crippen molar-refractivity contribution in [2.45, 2.75) is 40.2 Å². The number of nitrogens with zero attached hydrogens (tertiary/aromatic N) is 2. The number of carbonyl (C=O) groups excluding carboxylic acids is 1. The highest BCUT2D eigenvalue weighted by Crippen LogP contribution is 2.39. The number of amides is 1. The zero-order valence-corrected chi connectivity index (χ0v) is 17.9. The summed E-state index contributed by atoms with van der Waals surface area (Å²) in [7, 11) is 2.09. The molecule has 4 nitrogen and oxygen atoms in total. The largest absolute Gasteiger partial charge is 0.365 e. The SMILES string of the molecule is CC1=CC(C)(C)N(C)c2cc(C)c(/C=C(\C#N)C(=O)Nc3cccc(C)c3)cc21. The van der Waals surface area contributed by atoms with Crippen LogP contribution < -0.4 is 10.2 Å². The minimum atomic E-state index is -0.402. The van der Waals surface area contributed by atoms with Crippen molar-refractivity contribution in [2.24, 2.45) is 0 Å². The second-order valence-electron chi connectivity index (χ2n) is 8.26. The lowest BCUT2D eigenvalue weighted by Gasteiger charge is -2.41. The molecule has 0 spiro atoms. The molecule has 2 aromatic rings. The van der Waals surface area contributed by atoms with E-state index in [2.05, 4.69) is 56.2 Å². The van der Waals surface area contributed by atoms with Crippen molar-refractivity contribution in [3.8, 4) is 6.07 Å². The molecule has 0 atom stereocenters. The molecule has 0 saturated heterocycles. The van der Waals surface area contributed by atoms with E-state index in [9.17, 15) is 10.1 Å². The average Bonchev–Trinajstić information content (AvgIpc) is 2.64. The highest BCUT2D eigenvalue weighted by molar-refractivity contribution is 6.09. The molecule has 4 heteroatoms. The molecule has 2 aromatic carbocycles. The first-order valence-corrected chi connectivity index (χ1v) is 9.70. The third-order valence-electron chi connectivity index (χ3n) is 5.55. The molecule has 1 heterocycles. The summed E-state index contributed by atoms with van der Waals surface area (Å²) in [5.41, 5.74) is 7.13. The molecule has 0 radical (unpaired) electrons. The maximum Gasteiger partial charge on any atom is 0.266 e. The van der Waals surface area contributed by atoms with E-state index in [-0.39, 0.29) is 11.1 Å². The fraction of sp³-hybridized carbons (Fsp3) is 0.280. The number of benzene rings is 2. The van der Waals surface area contributed by atoms with Gasteiger partial charge in [-0.25, -0.2) is 0 Å². The van der Waals surface area contributed by atoms with E-state index in [1.165, 1.54) is 5.57 Å². The monoisotopic (exact) mass is 385 g/mol. The number of nitriles is 1. The Morgan fingerprint density at radius 3 is 2.55 bits per heavy atom. The van der Waals surface area contributed by atoms with E-state index < -0.39 is 5.91 Å². The standard InChI is InChI=1S/C25H27N3O/c1-16-8-7-9-21(10-16)27-24(29)20(15-26)12-19-13-22-18(3)14-25(4,5)28(6)23(22)11-17(19)2/h7-14H,1-6H3,(H,27,29)/b20-12+. The topological polar surface area (TPSA) is 56.1 Å². The maximum atomic E-state index is 12.6. The third kappa shape index (κ3) is 4.09. The molecule has 1 N–H and O–H groups in total. The lowest BCUT2D eigenvalue weighted by molar-refractivity contribution is -0.112. The van der Waals surface area contributed by atoms with Crippen LogP contribution in [0, 0.1) is 25.2 Å². The van der Waals surface area contributed by atoms with Gasteiger partial charge in [0.15, 0.2) is 0 Å². The number of anilines is 2. The van der Waals surface area contributed by atoms with Gasteiger partial charge in [-0.2, -0.15) is 5.26 Å². The predicted octanol–water partition coefficient (Wildman–Crippen LogP) is 5.48. The first-order valence-electron chi connectivity index (χ1n) is 9.70. The molecule has 0 unspecified atom stereocenters. The van der Waals surface area contributed by atoms with Gasteiger partial charge in [-0.1, -0.05) is 18.2 Å². The summed E-state index contributed by atoms with van der Waals surface area (Å²) in [5.74, 6) is -0.402. The molecule has 148 valence electrons. The molecule has 1 amide bonds. The van der Waals surface area contributed by atoms with Crippen LogP contribution in [-0.4, -0.2) is 18.5 Å². The van der Waals surface area contributed by atoms with Gasteiger partial charge in [0.2, 0.25) is 0 Å². The predicted molar refractivity (Wildman–Crippen MR) is 121 cm³/mol. The van der Waals surface area contributed by atoms with Crippen LogP contribution in [0.1, 0.15) is 43.0 Å². The number of fused-ring (bicyclic) bond motifs is 1. The van der Waals surface area contributed by atoms with Crippen molar-refractivity contribution in [1.29, 1.82) is 5.26 Å². The lowest BCUT2D eigenvalue weighted by atomic mass is 9.87. The van der Waals surface area contributed by atoms with Crippen LogP contribution in [-0.2, 0) is 4.79 Å². The zero-order chi connectivity index (χ0) is 21.3. The molecule has 3 rings (SSSR count). The van der Waals surface area contributed by atoms with Crippen molar-refractivity contribution >= 4 is 28.9 Å². The molecule has 0 aromatic heterocycles.